The van der Waals surface area contributed by atoms with Crippen molar-refractivity contribution in [2.24, 2.45) is 0 Å². The van der Waals surface area contributed by atoms with E-state index in [2.05, 4.69) is 190 Å². The largest absolute Gasteiger partial charge is 2.00 e. The standard InChI is InChI=1S/2C16H36N.6C3H3N2.6CNS.6Cu.2H2O/c2*1-5-9-13-17(14-10-6-2,15-11-7-3)16-12-8-4;6*1-2-4-5-3-1;6*2-1-3;;;;;;;;/h2*5-16H2,1-4H3;6*1-3H;;;;;;;;;;;;;2*1H2/q2*+1;12*-1;6*+2;;/p-2. The van der Waals surface area contributed by atoms with Gasteiger partial charge < -0.3 is 114 Å². The summed E-state index contributed by atoms with van der Waals surface area (Å²) in [4.78, 5) is 0. The molecule has 6 heterocycles. The minimum absolute atomic E-state index is 0. The van der Waals surface area contributed by atoms with Gasteiger partial charge in [-0.3, -0.25) is 0 Å². The predicted octanol–water partition coefficient (Wildman–Crippen LogP) is 13.8. The number of hydrogen-bond acceptors (Lipinski definition) is 14. The second-order valence-electron chi connectivity index (χ2n) is 16.2. The zero-order valence-electron chi connectivity index (χ0n) is 52.5. The molecule has 6 rings (SSSR count). The van der Waals surface area contributed by atoms with Crippen LogP contribution in [0.25, 0.3) is 32.5 Å². The number of thiocarbonyl (C=S) groups is 6. The molecule has 530 valence electrons. The van der Waals surface area contributed by atoms with Crippen molar-refractivity contribution in [1.29, 1.82) is 0 Å². The Bertz CT molecular complexity index is 1600. The van der Waals surface area contributed by atoms with Crippen molar-refractivity contribution in [3.05, 3.63) is 143 Å². The molecular weight excluding hydrogens is 1560 g/mol. The van der Waals surface area contributed by atoms with E-state index in [0.717, 1.165) is 0 Å². The third-order valence-electron chi connectivity index (χ3n) is 10.1. The van der Waals surface area contributed by atoms with Crippen LogP contribution in [0.4, 0.5) is 0 Å². The Morgan fingerprint density at radius 2 is 0.367 bits per heavy atom. The van der Waals surface area contributed by atoms with Crippen LogP contribution in [0.15, 0.2) is 111 Å². The van der Waals surface area contributed by atoms with E-state index in [9.17, 15) is 0 Å². The molecule has 2 N–H and O–H groups in total. The molecule has 22 nitrogen and oxygen atoms in total. The van der Waals surface area contributed by atoms with Gasteiger partial charge in [-0.05, 0) is 51.4 Å². The van der Waals surface area contributed by atoms with Crippen LogP contribution in [0.5, 0.6) is 0 Å². The van der Waals surface area contributed by atoms with Crippen LogP contribution in [0.2, 0.25) is 0 Å². The summed E-state index contributed by atoms with van der Waals surface area (Å²) in [7, 11) is 0. The first-order chi connectivity index (χ1) is 40.0. The Hall–Kier alpha value is -2.98. The summed E-state index contributed by atoms with van der Waals surface area (Å²) in [5.41, 5.74) is 0. The van der Waals surface area contributed by atoms with Crippen LogP contribution in [-0.2, 0) is 102 Å². The van der Waals surface area contributed by atoms with Gasteiger partial charge in [0.15, 0.2) is 0 Å². The quantitative estimate of drug-likeness (QED) is 0.0235. The van der Waals surface area contributed by atoms with Gasteiger partial charge >= 0.3 is 102 Å². The molecule has 0 aliphatic rings. The van der Waals surface area contributed by atoms with Gasteiger partial charge in [-0.15, -0.1) is 0 Å². The van der Waals surface area contributed by atoms with Gasteiger partial charge in [0.05, 0.1) is 52.4 Å². The maximum absolute atomic E-state index is 7.13. The molecule has 0 fully saturated rings. The maximum atomic E-state index is 7.13. The fraction of sp³-hybridized carbons (Fsp3) is 0.571. The SMILES string of the molecule is CCCC[N+](CCCC)(CCCC)CCCC.CCCC[N+](CCCC)(CCCC)CCCC.[Cu+2].[Cu+2].[Cu+2].[Cu+2].[Cu+2].[Cu+2].[N-]=C=S.[N-]=C=S.[N-]=C=S.[N-]=C=S.[N-]=C=S.[N-]=C=S.[OH-].[OH-].c1cn[n-]c1.c1cn[n-]c1.c1cn[n-]c1.c1cn[n-]c1.c1cn[n-]c1.c1cn[n-]c1. The van der Waals surface area contributed by atoms with E-state index in [-0.39, 0.29) is 113 Å². The van der Waals surface area contributed by atoms with Crippen molar-refractivity contribution in [3.8, 4) is 0 Å². The van der Waals surface area contributed by atoms with Gasteiger partial charge in [0.2, 0.25) is 0 Å². The number of isothiocyanates is 6. The average Bonchev–Trinajstić information content (AvgIpc) is 4.43. The Morgan fingerprint density at radius 3 is 0.411 bits per heavy atom. The number of unbranched alkanes of at least 4 members (excludes halogenated alkanes) is 8. The van der Waals surface area contributed by atoms with E-state index in [1.807, 2.05) is 0 Å². The van der Waals surface area contributed by atoms with Crippen LogP contribution in [0, 0.1) is 0 Å². The van der Waals surface area contributed by atoms with E-state index >= 15 is 0 Å². The van der Waals surface area contributed by atoms with E-state index in [1.54, 1.807) is 111 Å². The molecule has 90 heavy (non-hydrogen) atoms. The Morgan fingerprint density at radius 1 is 0.267 bits per heavy atom. The Kier molecular flexibility index (Phi) is 185. The molecule has 34 heteroatoms. The topological polar surface area (TPSA) is 356 Å². The molecule has 0 aliphatic carbocycles. The number of aromatic nitrogens is 12. The first-order valence-corrected chi connectivity index (χ1v) is 29.5. The smallest absolute Gasteiger partial charge is 0.870 e. The second-order valence-corrected chi connectivity index (χ2v) is 17.3. The predicted molar refractivity (Wildman–Crippen MR) is 364 cm³/mol. The van der Waals surface area contributed by atoms with Gasteiger partial charge in [0.1, 0.15) is 0 Å². The van der Waals surface area contributed by atoms with Crippen LogP contribution in [0.1, 0.15) is 158 Å². The average molecular weight is 1650 g/mol. The first-order valence-electron chi connectivity index (χ1n) is 27.1. The summed E-state index contributed by atoms with van der Waals surface area (Å²) < 4.78 is 2.84. The zero-order chi connectivity index (χ0) is 63.4. The van der Waals surface area contributed by atoms with E-state index in [1.165, 1.54) is 195 Å². The van der Waals surface area contributed by atoms with Gasteiger partial charge in [-0.2, -0.15) is 68.1 Å². The molecule has 0 aromatic carbocycles. The van der Waals surface area contributed by atoms with Crippen molar-refractivity contribution in [2.75, 3.05) is 52.4 Å². The first kappa shape index (κ1) is 128. The minimum atomic E-state index is 0. The minimum Gasteiger partial charge on any atom is -0.870 e. The molecule has 0 saturated carbocycles. The van der Waals surface area contributed by atoms with Gasteiger partial charge in [-0.1, -0.05) is 216 Å². The molecule has 0 unspecified atom stereocenters. The van der Waals surface area contributed by atoms with E-state index in [0.29, 0.717) is 0 Å². The van der Waals surface area contributed by atoms with E-state index < -0.39 is 0 Å². The van der Waals surface area contributed by atoms with Gasteiger partial charge in [-0.25, -0.2) is 0 Å². The number of quaternary nitrogens is 2. The maximum Gasteiger partial charge on any atom is 2.00 e. The molecule has 0 bridgehead atoms. The zero-order valence-corrected chi connectivity index (χ0v) is 63.0. The third-order valence-corrected chi connectivity index (χ3v) is 10.1. The fourth-order valence-electron chi connectivity index (χ4n) is 6.44. The van der Waals surface area contributed by atoms with E-state index in [4.69, 9.17) is 32.5 Å². The van der Waals surface area contributed by atoms with Gasteiger partial charge in [0, 0.05) is 37.2 Å². The summed E-state index contributed by atoms with van der Waals surface area (Å²) in [6.07, 6.45) is 41.8. The number of rotatable bonds is 24. The molecule has 0 amide bonds. The second kappa shape index (κ2) is 131. The molecule has 6 aromatic heterocycles. The van der Waals surface area contributed by atoms with Crippen LogP contribution >= 0.6 is 73.3 Å². The van der Waals surface area contributed by atoms with Crippen LogP contribution in [-0.4, -0.2) is 134 Å². The molecule has 6 radical (unpaired) electrons. The van der Waals surface area contributed by atoms with Crippen molar-refractivity contribution in [2.45, 2.75) is 158 Å². The number of nitrogens with zero attached hydrogens (tertiary/aromatic N) is 20. The Balaban J connectivity index is -0.0000000491. The molecule has 0 atom stereocenters. The van der Waals surface area contributed by atoms with Crippen molar-refractivity contribution in [1.82, 2.24) is 61.2 Å². The van der Waals surface area contributed by atoms with Crippen molar-refractivity contribution >= 4 is 104 Å². The summed E-state index contributed by atoms with van der Waals surface area (Å²) in [6, 6.07) is 10.7. The summed E-state index contributed by atoms with van der Waals surface area (Å²) >= 11 is 22.2. The fourth-order valence-corrected chi connectivity index (χ4v) is 6.44. The third kappa shape index (κ3) is 134. The van der Waals surface area contributed by atoms with Crippen molar-refractivity contribution in [3.63, 3.8) is 0 Å². The van der Waals surface area contributed by atoms with Gasteiger partial charge in [0.25, 0.3) is 0 Å². The summed E-state index contributed by atoms with van der Waals surface area (Å²) in [5, 5.41) is 92.5. The molecule has 0 saturated heterocycles. The molecule has 6 aromatic rings. The molecule has 0 spiro atoms. The molecular formula is C56H92Cu6N20O2S6. The van der Waals surface area contributed by atoms with Crippen LogP contribution < -0.4 is 30.6 Å². The Labute approximate surface area is 635 Å². The van der Waals surface area contributed by atoms with Crippen LogP contribution in [0.3, 0.4) is 0 Å². The monoisotopic (exact) mass is 1650 g/mol. The normalized spacial score (nSPS) is 7.73. The summed E-state index contributed by atoms with van der Waals surface area (Å²) in [6.45, 7) is 30.0. The number of hydrogen-bond donors (Lipinski definition) is 0. The van der Waals surface area contributed by atoms with Crippen molar-refractivity contribution < 1.29 is 122 Å². The molecule has 0 aliphatic heterocycles. The summed E-state index contributed by atoms with van der Waals surface area (Å²) in [5.74, 6) is 0.